The van der Waals surface area contributed by atoms with Crippen molar-refractivity contribution in [1.29, 1.82) is 0 Å². The molecular formula is C18H18O2S2. The van der Waals surface area contributed by atoms with E-state index in [4.69, 9.17) is 9.47 Å². The first kappa shape index (κ1) is 14.6. The van der Waals surface area contributed by atoms with Crippen LogP contribution in [0.1, 0.15) is 0 Å². The monoisotopic (exact) mass is 330 g/mol. The number of epoxide rings is 2. The maximum atomic E-state index is 5.24. The van der Waals surface area contributed by atoms with Crippen LogP contribution in [0.3, 0.4) is 0 Å². The van der Waals surface area contributed by atoms with Crippen molar-refractivity contribution in [3.05, 3.63) is 48.5 Å². The molecule has 0 aromatic heterocycles. The predicted octanol–water partition coefficient (Wildman–Crippen LogP) is 4.34. The van der Waals surface area contributed by atoms with Crippen LogP contribution in [0.25, 0.3) is 11.1 Å². The molecule has 0 radical (unpaired) electrons. The SMILES string of the molecule is c1cc(-c2ccc(SCC3CO3)cc2)ccc1SCC1CO1. The van der Waals surface area contributed by atoms with Gasteiger partial charge in [-0.25, -0.2) is 0 Å². The number of ether oxygens (including phenoxy) is 2. The average Bonchev–Trinajstić information content (AvgIpc) is 3.47. The summed E-state index contributed by atoms with van der Waals surface area (Å²) in [5, 5.41) is 0. The van der Waals surface area contributed by atoms with Crippen LogP contribution >= 0.6 is 23.5 Å². The molecule has 2 aliphatic rings. The number of hydrogen-bond acceptors (Lipinski definition) is 4. The lowest BCUT2D eigenvalue weighted by molar-refractivity contribution is 0.426. The van der Waals surface area contributed by atoms with Crippen molar-refractivity contribution in [1.82, 2.24) is 0 Å². The first-order valence-electron chi connectivity index (χ1n) is 7.56. The highest BCUT2D eigenvalue weighted by atomic mass is 32.2. The molecule has 0 aliphatic carbocycles. The van der Waals surface area contributed by atoms with Crippen molar-refractivity contribution in [3.8, 4) is 11.1 Å². The molecule has 2 aliphatic heterocycles. The lowest BCUT2D eigenvalue weighted by Gasteiger charge is -2.05. The molecule has 4 heteroatoms. The third-order valence-corrected chi connectivity index (χ3v) is 6.01. The van der Waals surface area contributed by atoms with Gasteiger partial charge in [-0.05, 0) is 35.4 Å². The molecule has 2 atom stereocenters. The predicted molar refractivity (Wildman–Crippen MR) is 92.8 cm³/mol. The molecule has 2 unspecified atom stereocenters. The topological polar surface area (TPSA) is 25.1 Å². The molecule has 0 bridgehead atoms. The van der Waals surface area contributed by atoms with E-state index in [0.717, 1.165) is 24.7 Å². The van der Waals surface area contributed by atoms with Crippen LogP contribution in [0, 0.1) is 0 Å². The molecule has 0 saturated carbocycles. The maximum absolute atomic E-state index is 5.24. The maximum Gasteiger partial charge on any atom is 0.0903 e. The number of rotatable bonds is 7. The zero-order chi connectivity index (χ0) is 14.8. The Morgan fingerprint density at radius 2 is 1.05 bits per heavy atom. The Labute approximate surface area is 139 Å². The Morgan fingerprint density at radius 3 is 1.36 bits per heavy atom. The minimum atomic E-state index is 0.482. The average molecular weight is 330 g/mol. The van der Waals surface area contributed by atoms with E-state index in [1.165, 1.54) is 20.9 Å². The Balaban J connectivity index is 1.37. The van der Waals surface area contributed by atoms with Gasteiger partial charge < -0.3 is 9.47 Å². The lowest BCUT2D eigenvalue weighted by Crippen LogP contribution is -1.89. The van der Waals surface area contributed by atoms with Crippen LogP contribution in [0.2, 0.25) is 0 Å². The van der Waals surface area contributed by atoms with E-state index in [1.807, 2.05) is 23.5 Å². The molecule has 4 rings (SSSR count). The highest BCUT2D eigenvalue weighted by Gasteiger charge is 2.22. The largest absolute Gasteiger partial charge is 0.372 e. The van der Waals surface area contributed by atoms with E-state index in [-0.39, 0.29) is 0 Å². The van der Waals surface area contributed by atoms with E-state index in [1.54, 1.807) is 0 Å². The summed E-state index contributed by atoms with van der Waals surface area (Å²) in [4.78, 5) is 2.63. The lowest BCUT2D eigenvalue weighted by atomic mass is 10.1. The van der Waals surface area contributed by atoms with Crippen molar-refractivity contribution in [2.24, 2.45) is 0 Å². The summed E-state index contributed by atoms with van der Waals surface area (Å²) in [6.45, 7) is 1.87. The van der Waals surface area contributed by atoms with Gasteiger partial charge in [-0.3, -0.25) is 0 Å². The van der Waals surface area contributed by atoms with Gasteiger partial charge in [0.25, 0.3) is 0 Å². The van der Waals surface area contributed by atoms with E-state index >= 15 is 0 Å². The van der Waals surface area contributed by atoms with Crippen molar-refractivity contribution in [3.63, 3.8) is 0 Å². The summed E-state index contributed by atoms with van der Waals surface area (Å²) in [6, 6.07) is 17.6. The minimum absolute atomic E-state index is 0.482. The zero-order valence-corrected chi connectivity index (χ0v) is 13.9. The van der Waals surface area contributed by atoms with Gasteiger partial charge in [0.15, 0.2) is 0 Å². The zero-order valence-electron chi connectivity index (χ0n) is 12.2. The van der Waals surface area contributed by atoms with Crippen LogP contribution < -0.4 is 0 Å². The highest BCUT2D eigenvalue weighted by Crippen LogP contribution is 2.29. The van der Waals surface area contributed by atoms with Crippen LogP contribution in [-0.4, -0.2) is 36.9 Å². The van der Waals surface area contributed by atoms with Gasteiger partial charge in [-0.2, -0.15) is 0 Å². The second kappa shape index (κ2) is 6.67. The van der Waals surface area contributed by atoms with Gasteiger partial charge in [-0.15, -0.1) is 23.5 Å². The first-order chi connectivity index (χ1) is 10.9. The van der Waals surface area contributed by atoms with Crippen molar-refractivity contribution in [2.75, 3.05) is 24.7 Å². The Morgan fingerprint density at radius 1 is 0.682 bits per heavy atom. The fourth-order valence-corrected chi connectivity index (χ4v) is 3.99. The summed E-state index contributed by atoms with van der Waals surface area (Å²) in [7, 11) is 0. The summed E-state index contributed by atoms with van der Waals surface area (Å²) in [6.07, 6.45) is 0.964. The number of hydrogen-bond donors (Lipinski definition) is 0. The van der Waals surface area contributed by atoms with Gasteiger partial charge in [-0.1, -0.05) is 24.3 Å². The Bertz CT molecular complexity index is 559. The Kier molecular flexibility index (Phi) is 4.44. The fraction of sp³-hybridized carbons (Fsp3) is 0.333. The van der Waals surface area contributed by atoms with E-state index < -0.39 is 0 Å². The molecule has 0 N–H and O–H groups in total. The molecule has 2 aromatic rings. The molecule has 2 saturated heterocycles. The van der Waals surface area contributed by atoms with Crippen LogP contribution in [-0.2, 0) is 9.47 Å². The summed E-state index contributed by atoms with van der Waals surface area (Å²) in [5.41, 5.74) is 2.54. The second-order valence-electron chi connectivity index (χ2n) is 5.58. The molecule has 0 amide bonds. The molecule has 2 nitrogen and oxygen atoms in total. The summed E-state index contributed by atoms with van der Waals surface area (Å²) < 4.78 is 10.5. The minimum Gasteiger partial charge on any atom is -0.372 e. The van der Waals surface area contributed by atoms with Gasteiger partial charge >= 0.3 is 0 Å². The van der Waals surface area contributed by atoms with E-state index in [9.17, 15) is 0 Å². The third kappa shape index (κ3) is 4.07. The van der Waals surface area contributed by atoms with Gasteiger partial charge in [0, 0.05) is 21.3 Å². The van der Waals surface area contributed by atoms with E-state index in [2.05, 4.69) is 48.5 Å². The van der Waals surface area contributed by atoms with E-state index in [0.29, 0.717) is 12.2 Å². The van der Waals surface area contributed by atoms with Crippen LogP contribution in [0.4, 0.5) is 0 Å². The molecule has 0 spiro atoms. The third-order valence-electron chi connectivity index (χ3n) is 3.72. The summed E-state index contributed by atoms with van der Waals surface area (Å²) >= 11 is 3.74. The van der Waals surface area contributed by atoms with Crippen molar-refractivity contribution in [2.45, 2.75) is 22.0 Å². The summed E-state index contributed by atoms with van der Waals surface area (Å²) in [5.74, 6) is 2.13. The number of benzene rings is 2. The Hall–Kier alpha value is -0.940. The van der Waals surface area contributed by atoms with Gasteiger partial charge in [0.2, 0.25) is 0 Å². The van der Waals surface area contributed by atoms with Crippen LogP contribution in [0.5, 0.6) is 0 Å². The van der Waals surface area contributed by atoms with Crippen molar-refractivity contribution >= 4 is 23.5 Å². The molecule has 114 valence electrons. The van der Waals surface area contributed by atoms with Gasteiger partial charge in [0.1, 0.15) is 0 Å². The molecular weight excluding hydrogens is 312 g/mol. The number of thioether (sulfide) groups is 2. The second-order valence-corrected chi connectivity index (χ2v) is 7.77. The normalized spacial score (nSPS) is 22.5. The standard InChI is InChI=1S/C18H18O2S2/c1-5-17(21-11-15-9-19-15)6-2-13(1)14-3-7-18(8-4-14)22-12-16-10-20-16/h1-8,15-16H,9-12H2. The first-order valence-corrected chi connectivity index (χ1v) is 9.53. The smallest absolute Gasteiger partial charge is 0.0903 e. The fourth-order valence-electron chi connectivity index (χ4n) is 2.19. The van der Waals surface area contributed by atoms with Crippen LogP contribution in [0.15, 0.2) is 58.3 Å². The molecule has 2 fully saturated rings. The molecule has 2 heterocycles. The van der Waals surface area contributed by atoms with Gasteiger partial charge in [0.05, 0.1) is 25.4 Å². The highest BCUT2D eigenvalue weighted by molar-refractivity contribution is 7.99. The quantitative estimate of drug-likeness (QED) is 0.557. The van der Waals surface area contributed by atoms with Crippen molar-refractivity contribution < 1.29 is 9.47 Å². The molecule has 22 heavy (non-hydrogen) atoms. The molecule has 2 aromatic carbocycles.